The largest absolute Gasteiger partial charge is 0.493 e. The van der Waals surface area contributed by atoms with Gasteiger partial charge in [0.1, 0.15) is 11.6 Å². The maximum atomic E-state index is 13.6. The number of carboxylic acids is 1. The van der Waals surface area contributed by atoms with E-state index >= 15 is 0 Å². The van der Waals surface area contributed by atoms with Gasteiger partial charge < -0.3 is 9.84 Å². The van der Waals surface area contributed by atoms with E-state index in [2.05, 4.69) is 15.9 Å². The molecule has 2 rings (SSSR count). The zero-order chi connectivity index (χ0) is 15.2. The minimum absolute atomic E-state index is 0.0757. The van der Waals surface area contributed by atoms with Crippen LogP contribution in [0.5, 0.6) is 5.75 Å². The van der Waals surface area contributed by atoms with Crippen molar-refractivity contribution in [1.29, 1.82) is 0 Å². The lowest BCUT2D eigenvalue weighted by molar-refractivity contribution is 0.0696. The van der Waals surface area contributed by atoms with E-state index in [0.717, 1.165) is 10.2 Å². The predicted molar refractivity (Wildman–Crippen MR) is 83.7 cm³/mol. The topological polar surface area (TPSA) is 46.5 Å². The molecule has 0 unspecified atom stereocenters. The van der Waals surface area contributed by atoms with E-state index in [4.69, 9.17) is 9.84 Å². The number of thioether (sulfide) groups is 1. The molecule has 0 aliphatic rings. The molecule has 0 atom stereocenters. The average molecular weight is 371 g/mol. The molecule has 3 nitrogen and oxygen atoms in total. The molecule has 0 aliphatic heterocycles. The third-order valence-electron chi connectivity index (χ3n) is 2.58. The second-order valence-electron chi connectivity index (χ2n) is 4.10. The first-order valence-corrected chi connectivity index (χ1v) is 7.88. The van der Waals surface area contributed by atoms with Crippen molar-refractivity contribution in [3.63, 3.8) is 0 Å². The monoisotopic (exact) mass is 370 g/mol. The lowest BCUT2D eigenvalue weighted by Crippen LogP contribution is -2.01. The molecule has 21 heavy (non-hydrogen) atoms. The number of halogens is 2. The van der Waals surface area contributed by atoms with Crippen molar-refractivity contribution in [3.05, 3.63) is 58.3 Å². The number of hydrogen-bond acceptors (Lipinski definition) is 3. The zero-order valence-electron chi connectivity index (χ0n) is 10.9. The van der Waals surface area contributed by atoms with Crippen LogP contribution in [0.3, 0.4) is 0 Å². The van der Waals surface area contributed by atoms with Crippen LogP contribution in [-0.2, 0) is 0 Å². The highest BCUT2D eigenvalue weighted by Crippen LogP contribution is 2.24. The summed E-state index contributed by atoms with van der Waals surface area (Å²) in [5.74, 6) is -0.244. The number of carbonyl (C=O) groups is 1. The fourth-order valence-corrected chi connectivity index (χ4v) is 2.80. The van der Waals surface area contributed by atoms with Crippen molar-refractivity contribution in [3.8, 4) is 5.75 Å². The number of ether oxygens (including phenoxy) is 1. The fraction of sp³-hybridized carbons (Fsp3) is 0.133. The first-order valence-electron chi connectivity index (χ1n) is 6.10. The van der Waals surface area contributed by atoms with Gasteiger partial charge in [-0.2, -0.15) is 0 Å². The van der Waals surface area contributed by atoms with Gasteiger partial charge in [-0.05, 0) is 36.4 Å². The summed E-state index contributed by atoms with van der Waals surface area (Å²) in [5, 5.41) is 8.89. The van der Waals surface area contributed by atoms with Crippen LogP contribution in [0.2, 0.25) is 0 Å². The molecule has 1 N–H and O–H groups in total. The Morgan fingerprint density at radius 3 is 2.81 bits per heavy atom. The van der Waals surface area contributed by atoms with Gasteiger partial charge in [0.05, 0.1) is 12.2 Å². The Balaban J connectivity index is 1.88. The van der Waals surface area contributed by atoms with Gasteiger partial charge in [0.2, 0.25) is 0 Å². The molecule has 0 radical (unpaired) electrons. The molecule has 0 fully saturated rings. The molecule has 0 saturated heterocycles. The molecule has 0 heterocycles. The highest BCUT2D eigenvalue weighted by molar-refractivity contribution is 9.10. The molecular weight excluding hydrogens is 359 g/mol. The molecule has 0 aromatic heterocycles. The Labute approximate surface area is 134 Å². The Bertz CT molecular complexity index is 649. The second-order valence-corrected chi connectivity index (χ2v) is 6.16. The van der Waals surface area contributed by atoms with E-state index in [1.165, 1.54) is 30.0 Å². The zero-order valence-corrected chi connectivity index (χ0v) is 13.3. The molecule has 2 aromatic carbocycles. The van der Waals surface area contributed by atoms with Crippen LogP contribution in [-0.4, -0.2) is 23.4 Å². The lowest BCUT2D eigenvalue weighted by Gasteiger charge is -2.07. The van der Waals surface area contributed by atoms with Gasteiger partial charge in [0.25, 0.3) is 0 Å². The van der Waals surface area contributed by atoms with Gasteiger partial charge in [-0.1, -0.05) is 22.0 Å². The SMILES string of the molecule is O=C(O)c1ccc(F)c(SCCOc2cccc(Br)c2)c1. The molecule has 0 amide bonds. The lowest BCUT2D eigenvalue weighted by atomic mass is 10.2. The minimum Gasteiger partial charge on any atom is -0.493 e. The first kappa shape index (κ1) is 15.9. The smallest absolute Gasteiger partial charge is 0.335 e. The van der Waals surface area contributed by atoms with Crippen molar-refractivity contribution in [2.45, 2.75) is 4.90 Å². The van der Waals surface area contributed by atoms with E-state index in [1.54, 1.807) is 0 Å². The van der Waals surface area contributed by atoms with E-state index in [-0.39, 0.29) is 5.56 Å². The van der Waals surface area contributed by atoms with Crippen LogP contribution in [0.4, 0.5) is 4.39 Å². The predicted octanol–water partition coefficient (Wildman–Crippen LogP) is 4.46. The van der Waals surface area contributed by atoms with Crippen molar-refractivity contribution >= 4 is 33.7 Å². The number of aromatic carboxylic acids is 1. The molecular formula is C15H12BrFO3S. The average Bonchev–Trinajstić information content (AvgIpc) is 2.45. The number of rotatable bonds is 6. The van der Waals surface area contributed by atoms with Crippen LogP contribution >= 0.6 is 27.7 Å². The third kappa shape index (κ3) is 4.75. The van der Waals surface area contributed by atoms with Crippen LogP contribution in [0.25, 0.3) is 0 Å². The maximum absolute atomic E-state index is 13.6. The number of benzene rings is 2. The molecule has 0 bridgehead atoms. The van der Waals surface area contributed by atoms with Gasteiger partial charge >= 0.3 is 5.97 Å². The summed E-state index contributed by atoms with van der Waals surface area (Å²) in [6, 6.07) is 11.2. The highest BCUT2D eigenvalue weighted by Gasteiger charge is 2.08. The molecule has 0 saturated carbocycles. The Kier molecular flexibility index (Phi) is 5.64. The van der Waals surface area contributed by atoms with Gasteiger partial charge in [-0.25, -0.2) is 9.18 Å². The van der Waals surface area contributed by atoms with Crippen molar-refractivity contribution in [2.75, 3.05) is 12.4 Å². The Morgan fingerprint density at radius 1 is 1.29 bits per heavy atom. The van der Waals surface area contributed by atoms with Gasteiger partial charge in [0.15, 0.2) is 0 Å². The fourth-order valence-electron chi connectivity index (χ4n) is 1.61. The van der Waals surface area contributed by atoms with Gasteiger partial charge in [-0.15, -0.1) is 11.8 Å². The Morgan fingerprint density at radius 2 is 2.10 bits per heavy atom. The molecule has 0 aliphatic carbocycles. The van der Waals surface area contributed by atoms with Crippen LogP contribution in [0.15, 0.2) is 51.8 Å². The molecule has 0 spiro atoms. The van der Waals surface area contributed by atoms with E-state index in [9.17, 15) is 9.18 Å². The van der Waals surface area contributed by atoms with Crippen molar-refractivity contribution < 1.29 is 19.0 Å². The normalized spacial score (nSPS) is 10.4. The summed E-state index contributed by atoms with van der Waals surface area (Å²) in [6.07, 6.45) is 0. The maximum Gasteiger partial charge on any atom is 0.335 e. The van der Waals surface area contributed by atoms with E-state index in [0.29, 0.717) is 17.3 Å². The first-order chi connectivity index (χ1) is 10.1. The van der Waals surface area contributed by atoms with E-state index in [1.807, 2.05) is 24.3 Å². The summed E-state index contributed by atoms with van der Waals surface area (Å²) in [6.45, 7) is 0.401. The van der Waals surface area contributed by atoms with Gasteiger partial charge in [-0.3, -0.25) is 0 Å². The number of carboxylic acid groups (broad SMARTS) is 1. The van der Waals surface area contributed by atoms with Gasteiger partial charge in [0, 0.05) is 15.1 Å². The third-order valence-corrected chi connectivity index (χ3v) is 4.07. The van der Waals surface area contributed by atoms with Crippen LogP contribution < -0.4 is 4.74 Å². The second kappa shape index (κ2) is 7.47. The summed E-state index contributed by atoms with van der Waals surface area (Å²) >= 11 is 4.58. The number of hydrogen-bond donors (Lipinski definition) is 1. The Hall–Kier alpha value is -1.53. The van der Waals surface area contributed by atoms with Crippen molar-refractivity contribution in [2.24, 2.45) is 0 Å². The molecule has 110 valence electrons. The molecule has 2 aromatic rings. The van der Waals surface area contributed by atoms with Crippen LogP contribution in [0.1, 0.15) is 10.4 Å². The van der Waals surface area contributed by atoms with E-state index < -0.39 is 11.8 Å². The molecule has 6 heteroatoms. The summed E-state index contributed by atoms with van der Waals surface area (Å²) in [4.78, 5) is 11.2. The minimum atomic E-state index is -1.07. The van der Waals surface area contributed by atoms with Crippen LogP contribution in [0, 0.1) is 5.82 Å². The standard InChI is InChI=1S/C15H12BrFO3S/c16-11-2-1-3-12(9-11)20-6-7-21-14-8-10(15(18)19)4-5-13(14)17/h1-5,8-9H,6-7H2,(H,18,19). The van der Waals surface area contributed by atoms with Crippen molar-refractivity contribution in [1.82, 2.24) is 0 Å². The quantitative estimate of drug-likeness (QED) is 0.602. The summed E-state index contributed by atoms with van der Waals surface area (Å²) < 4.78 is 20.0. The summed E-state index contributed by atoms with van der Waals surface area (Å²) in [7, 11) is 0. The summed E-state index contributed by atoms with van der Waals surface area (Å²) in [5.41, 5.74) is 0.0757. The highest BCUT2D eigenvalue weighted by atomic mass is 79.9.